The minimum Gasteiger partial charge on any atom is -0.265 e. The molecule has 0 spiro atoms. The van der Waals surface area contributed by atoms with Crippen LogP contribution in [0.3, 0.4) is 0 Å². The fraction of sp³-hybridized carbons (Fsp3) is 0.286. The van der Waals surface area contributed by atoms with E-state index in [0.29, 0.717) is 11.8 Å². The smallest absolute Gasteiger partial charge is 0.0270 e. The fourth-order valence-electron chi connectivity index (χ4n) is 2.10. The second-order valence-electron chi connectivity index (χ2n) is 4.28. The lowest BCUT2D eigenvalue weighted by molar-refractivity contribution is 0.563. The van der Waals surface area contributed by atoms with Gasteiger partial charge in [0.1, 0.15) is 0 Å². The predicted octanol–water partition coefficient (Wildman–Crippen LogP) is 3.26. The van der Waals surface area contributed by atoms with Gasteiger partial charge in [-0.1, -0.05) is 13.8 Å². The first-order valence-electron chi connectivity index (χ1n) is 5.59. The molecule has 0 saturated heterocycles. The lowest BCUT2D eigenvalue weighted by Crippen LogP contribution is -2.08. The van der Waals surface area contributed by atoms with E-state index >= 15 is 0 Å². The third-order valence-electron chi connectivity index (χ3n) is 2.80. The normalized spacial score (nSPS) is 11.0. The van der Waals surface area contributed by atoms with Gasteiger partial charge in [-0.25, -0.2) is 0 Å². The zero-order valence-corrected chi connectivity index (χ0v) is 9.67. The van der Waals surface area contributed by atoms with Crippen LogP contribution in [0.5, 0.6) is 0 Å². The summed E-state index contributed by atoms with van der Waals surface area (Å²) in [4.78, 5) is 8.14. The van der Waals surface area contributed by atoms with Crippen LogP contribution >= 0.6 is 0 Å². The summed E-state index contributed by atoms with van der Waals surface area (Å²) >= 11 is 0. The van der Waals surface area contributed by atoms with Crippen molar-refractivity contribution in [3.8, 4) is 0 Å². The standard InChI is InChI=1S/C14H16N2/c1-11(2)14(12-3-7-15-8-4-12)13-5-9-16-10-6-13/h3-11,14H,1-2H3. The Morgan fingerprint density at radius 2 is 1.12 bits per heavy atom. The quantitative estimate of drug-likeness (QED) is 0.780. The molecule has 0 saturated carbocycles. The number of hydrogen-bond acceptors (Lipinski definition) is 2. The maximum absolute atomic E-state index is 4.07. The van der Waals surface area contributed by atoms with Crippen molar-refractivity contribution in [1.29, 1.82) is 0 Å². The molecule has 0 aliphatic rings. The maximum atomic E-state index is 4.07. The van der Waals surface area contributed by atoms with Crippen molar-refractivity contribution < 1.29 is 0 Å². The number of rotatable bonds is 3. The Bertz CT molecular complexity index is 384. The summed E-state index contributed by atoms with van der Waals surface area (Å²) in [6.07, 6.45) is 7.41. The molecule has 0 fully saturated rings. The van der Waals surface area contributed by atoms with Crippen LogP contribution in [0.1, 0.15) is 30.9 Å². The van der Waals surface area contributed by atoms with Crippen molar-refractivity contribution in [3.63, 3.8) is 0 Å². The Morgan fingerprint density at radius 3 is 1.44 bits per heavy atom. The third kappa shape index (κ3) is 2.27. The van der Waals surface area contributed by atoms with Gasteiger partial charge in [-0.2, -0.15) is 0 Å². The first-order chi connectivity index (χ1) is 7.79. The van der Waals surface area contributed by atoms with E-state index in [4.69, 9.17) is 0 Å². The van der Waals surface area contributed by atoms with Gasteiger partial charge in [0.15, 0.2) is 0 Å². The van der Waals surface area contributed by atoms with Gasteiger partial charge in [-0.05, 0) is 41.3 Å². The van der Waals surface area contributed by atoms with Crippen LogP contribution in [0.25, 0.3) is 0 Å². The van der Waals surface area contributed by atoms with Crippen molar-refractivity contribution in [2.45, 2.75) is 19.8 Å². The molecule has 2 heterocycles. The Hall–Kier alpha value is -1.70. The summed E-state index contributed by atoms with van der Waals surface area (Å²) in [5, 5.41) is 0. The molecule has 2 nitrogen and oxygen atoms in total. The van der Waals surface area contributed by atoms with E-state index in [1.807, 2.05) is 24.8 Å². The first kappa shape index (κ1) is 10.8. The molecule has 0 aliphatic carbocycles. The molecule has 0 atom stereocenters. The van der Waals surface area contributed by atoms with Crippen LogP contribution in [0.2, 0.25) is 0 Å². The number of nitrogens with zero attached hydrogens (tertiary/aromatic N) is 2. The summed E-state index contributed by atoms with van der Waals surface area (Å²) < 4.78 is 0. The molecule has 0 aliphatic heterocycles. The molecule has 0 amide bonds. The summed E-state index contributed by atoms with van der Waals surface area (Å²) in [5.41, 5.74) is 2.63. The highest BCUT2D eigenvalue weighted by molar-refractivity contribution is 5.30. The first-order valence-corrected chi connectivity index (χ1v) is 5.59. The lowest BCUT2D eigenvalue weighted by atomic mass is 9.83. The largest absolute Gasteiger partial charge is 0.265 e. The van der Waals surface area contributed by atoms with Crippen molar-refractivity contribution in [3.05, 3.63) is 60.2 Å². The second kappa shape index (κ2) is 4.88. The van der Waals surface area contributed by atoms with Crippen LogP contribution in [0.4, 0.5) is 0 Å². The predicted molar refractivity (Wildman–Crippen MR) is 65.2 cm³/mol. The van der Waals surface area contributed by atoms with Crippen molar-refractivity contribution in [2.75, 3.05) is 0 Å². The molecule has 0 aromatic carbocycles. The molecule has 0 unspecified atom stereocenters. The third-order valence-corrected chi connectivity index (χ3v) is 2.80. The zero-order chi connectivity index (χ0) is 11.4. The van der Waals surface area contributed by atoms with Gasteiger partial charge in [-0.15, -0.1) is 0 Å². The summed E-state index contributed by atoms with van der Waals surface area (Å²) in [6.45, 7) is 4.48. The minimum atomic E-state index is 0.422. The van der Waals surface area contributed by atoms with Crippen LogP contribution in [0.15, 0.2) is 49.1 Å². The number of hydrogen-bond donors (Lipinski definition) is 0. The van der Waals surface area contributed by atoms with Crippen molar-refractivity contribution in [1.82, 2.24) is 9.97 Å². The Kier molecular flexibility index (Phi) is 3.30. The van der Waals surface area contributed by atoms with Gasteiger partial charge in [-0.3, -0.25) is 9.97 Å². The minimum absolute atomic E-state index is 0.422. The van der Waals surface area contributed by atoms with Crippen LogP contribution in [-0.4, -0.2) is 9.97 Å². The van der Waals surface area contributed by atoms with E-state index in [-0.39, 0.29) is 0 Å². The lowest BCUT2D eigenvalue weighted by Gasteiger charge is -2.21. The van der Waals surface area contributed by atoms with Crippen molar-refractivity contribution >= 4 is 0 Å². The summed E-state index contributed by atoms with van der Waals surface area (Å²) in [7, 11) is 0. The van der Waals surface area contributed by atoms with Gasteiger partial charge < -0.3 is 0 Å². The van der Waals surface area contributed by atoms with E-state index in [9.17, 15) is 0 Å². The van der Waals surface area contributed by atoms with E-state index in [0.717, 1.165) is 0 Å². The summed E-state index contributed by atoms with van der Waals surface area (Å²) in [5.74, 6) is 0.982. The van der Waals surface area contributed by atoms with E-state index in [1.54, 1.807) is 0 Å². The van der Waals surface area contributed by atoms with Crippen molar-refractivity contribution in [2.24, 2.45) is 5.92 Å². The Labute approximate surface area is 96.4 Å². The molecular weight excluding hydrogens is 196 g/mol. The molecule has 2 aromatic heterocycles. The maximum Gasteiger partial charge on any atom is 0.0270 e. The average molecular weight is 212 g/mol. The average Bonchev–Trinajstić information content (AvgIpc) is 2.31. The molecule has 2 rings (SSSR count). The van der Waals surface area contributed by atoms with Crippen LogP contribution in [-0.2, 0) is 0 Å². The highest BCUT2D eigenvalue weighted by Crippen LogP contribution is 2.30. The zero-order valence-electron chi connectivity index (χ0n) is 9.67. The monoisotopic (exact) mass is 212 g/mol. The van der Waals surface area contributed by atoms with Gasteiger partial charge in [0.25, 0.3) is 0 Å². The molecule has 0 radical (unpaired) electrons. The van der Waals surface area contributed by atoms with Crippen LogP contribution in [0, 0.1) is 5.92 Å². The van der Waals surface area contributed by atoms with E-state index < -0.39 is 0 Å². The Balaban J connectivity index is 2.40. The molecule has 2 heteroatoms. The molecule has 0 N–H and O–H groups in total. The van der Waals surface area contributed by atoms with Gasteiger partial charge >= 0.3 is 0 Å². The van der Waals surface area contributed by atoms with Gasteiger partial charge in [0.2, 0.25) is 0 Å². The highest BCUT2D eigenvalue weighted by atomic mass is 14.6. The molecule has 0 bridgehead atoms. The van der Waals surface area contributed by atoms with Gasteiger partial charge in [0, 0.05) is 30.7 Å². The topological polar surface area (TPSA) is 25.8 Å². The molecule has 16 heavy (non-hydrogen) atoms. The van der Waals surface area contributed by atoms with E-state index in [2.05, 4.69) is 48.1 Å². The Morgan fingerprint density at radius 1 is 0.750 bits per heavy atom. The van der Waals surface area contributed by atoms with Gasteiger partial charge in [0.05, 0.1) is 0 Å². The van der Waals surface area contributed by atoms with E-state index in [1.165, 1.54) is 11.1 Å². The number of pyridine rings is 2. The second-order valence-corrected chi connectivity index (χ2v) is 4.28. The molecule has 82 valence electrons. The molecular formula is C14H16N2. The highest BCUT2D eigenvalue weighted by Gasteiger charge is 2.17. The summed E-state index contributed by atoms with van der Waals surface area (Å²) in [6, 6.07) is 8.35. The fourth-order valence-corrected chi connectivity index (χ4v) is 2.10. The molecule has 2 aromatic rings. The van der Waals surface area contributed by atoms with Crippen LogP contribution < -0.4 is 0 Å². The number of aromatic nitrogens is 2. The SMILES string of the molecule is CC(C)C(c1ccncc1)c1ccncc1.